The molecule has 1 atom stereocenters. The van der Waals surface area contributed by atoms with Crippen LogP contribution in [0.1, 0.15) is 35.7 Å². The highest BCUT2D eigenvalue weighted by Crippen LogP contribution is 2.20. The molecule has 2 amide bonds. The first-order valence-corrected chi connectivity index (χ1v) is 6.83. The largest absolute Gasteiger partial charge is 0.355 e. The third-order valence-corrected chi connectivity index (χ3v) is 3.35. The van der Waals surface area contributed by atoms with E-state index in [2.05, 4.69) is 10.6 Å². The Morgan fingerprint density at radius 1 is 1.35 bits per heavy atom. The second kappa shape index (κ2) is 7.65. The predicted molar refractivity (Wildman–Crippen MR) is 80.7 cm³/mol. The fourth-order valence-electron chi connectivity index (χ4n) is 1.96. The molecule has 0 fully saturated rings. The number of nitrogens with one attached hydrogen (secondary N) is 2. The molecule has 0 spiro atoms. The van der Waals surface area contributed by atoms with Crippen LogP contribution in [0.15, 0.2) is 18.2 Å². The number of carbonyl (C=O) groups excluding carboxylic acids is 2. The van der Waals surface area contributed by atoms with Crippen LogP contribution in [0.5, 0.6) is 0 Å². The van der Waals surface area contributed by atoms with E-state index < -0.39 is 0 Å². The van der Waals surface area contributed by atoms with Gasteiger partial charge in [-0.15, -0.1) is 0 Å². The maximum absolute atomic E-state index is 12.1. The maximum Gasteiger partial charge on any atom is 0.251 e. The number of nitrogens with two attached hydrogens (primary N) is 1. The lowest BCUT2D eigenvalue weighted by Crippen LogP contribution is -2.23. The summed E-state index contributed by atoms with van der Waals surface area (Å²) in [6, 6.07) is 5.30. The average Bonchev–Trinajstić information content (AvgIpc) is 2.45. The molecule has 5 heteroatoms. The van der Waals surface area contributed by atoms with E-state index >= 15 is 0 Å². The Kier molecular flexibility index (Phi) is 6.18. The summed E-state index contributed by atoms with van der Waals surface area (Å²) in [4.78, 5) is 23.8. The third-order valence-electron chi connectivity index (χ3n) is 3.35. The van der Waals surface area contributed by atoms with Crippen molar-refractivity contribution < 1.29 is 9.59 Å². The normalized spacial score (nSPS) is 11.8. The molecule has 0 radical (unpaired) electrons. The van der Waals surface area contributed by atoms with E-state index in [0.29, 0.717) is 17.8 Å². The minimum atomic E-state index is -0.158. The third kappa shape index (κ3) is 4.06. The van der Waals surface area contributed by atoms with Crippen LogP contribution in [-0.4, -0.2) is 25.4 Å². The molecule has 0 heterocycles. The molecule has 1 aromatic carbocycles. The van der Waals surface area contributed by atoms with Crippen molar-refractivity contribution in [2.24, 2.45) is 11.7 Å². The van der Waals surface area contributed by atoms with Gasteiger partial charge in [0.2, 0.25) is 5.91 Å². The number of hydrogen-bond donors (Lipinski definition) is 3. The summed E-state index contributed by atoms with van der Waals surface area (Å²) in [6.07, 6.45) is 1.59. The van der Waals surface area contributed by atoms with Gasteiger partial charge < -0.3 is 16.4 Å². The van der Waals surface area contributed by atoms with Gasteiger partial charge in [-0.2, -0.15) is 0 Å². The lowest BCUT2D eigenvalue weighted by molar-refractivity contribution is -0.119. The molecule has 5 nitrogen and oxygen atoms in total. The quantitative estimate of drug-likeness (QED) is 0.739. The van der Waals surface area contributed by atoms with E-state index in [1.807, 2.05) is 13.8 Å². The van der Waals surface area contributed by atoms with Gasteiger partial charge in [0.05, 0.1) is 0 Å². The lowest BCUT2D eigenvalue weighted by atomic mass is 10.0. The Balaban J connectivity index is 2.82. The van der Waals surface area contributed by atoms with Crippen molar-refractivity contribution in [1.82, 2.24) is 5.32 Å². The molecule has 0 aliphatic carbocycles. The van der Waals surface area contributed by atoms with E-state index in [-0.39, 0.29) is 17.7 Å². The molecule has 1 unspecified atom stereocenters. The number of carbonyl (C=O) groups is 2. The Hall–Kier alpha value is -1.88. The Morgan fingerprint density at radius 3 is 2.65 bits per heavy atom. The number of amides is 2. The Bertz CT molecular complexity index is 486. The lowest BCUT2D eigenvalue weighted by Gasteiger charge is -2.15. The molecule has 0 bridgehead atoms. The van der Waals surface area contributed by atoms with Crippen molar-refractivity contribution >= 4 is 17.5 Å². The van der Waals surface area contributed by atoms with Gasteiger partial charge in [-0.05, 0) is 44.0 Å². The Morgan fingerprint density at radius 2 is 2.05 bits per heavy atom. The van der Waals surface area contributed by atoms with Gasteiger partial charge in [0.1, 0.15) is 0 Å². The minimum Gasteiger partial charge on any atom is -0.355 e. The van der Waals surface area contributed by atoms with Gasteiger partial charge in [-0.3, -0.25) is 9.59 Å². The van der Waals surface area contributed by atoms with E-state index in [9.17, 15) is 9.59 Å². The second-order valence-electron chi connectivity index (χ2n) is 4.88. The minimum absolute atomic E-state index is 0.0457. The topological polar surface area (TPSA) is 84.2 Å². The summed E-state index contributed by atoms with van der Waals surface area (Å²) in [6.45, 7) is 4.29. The number of hydrogen-bond acceptors (Lipinski definition) is 3. The van der Waals surface area contributed by atoms with E-state index in [1.165, 1.54) is 0 Å². The molecule has 4 N–H and O–H groups in total. The van der Waals surface area contributed by atoms with Crippen molar-refractivity contribution in [3.05, 3.63) is 29.3 Å². The highest BCUT2D eigenvalue weighted by atomic mass is 16.2. The zero-order valence-electron chi connectivity index (χ0n) is 12.3. The number of anilines is 1. The molecule has 110 valence electrons. The van der Waals surface area contributed by atoms with Gasteiger partial charge in [-0.1, -0.05) is 13.0 Å². The van der Waals surface area contributed by atoms with Crippen LogP contribution >= 0.6 is 0 Å². The molecule has 0 aliphatic rings. The van der Waals surface area contributed by atoms with E-state index in [0.717, 1.165) is 18.4 Å². The van der Waals surface area contributed by atoms with Crippen LogP contribution in [0.4, 0.5) is 5.69 Å². The van der Waals surface area contributed by atoms with Crippen LogP contribution in [-0.2, 0) is 4.79 Å². The Labute approximate surface area is 119 Å². The molecular formula is C15H23N3O2. The highest BCUT2D eigenvalue weighted by molar-refractivity contribution is 5.99. The molecule has 0 aliphatic heterocycles. The molecule has 1 rings (SSSR count). The fraction of sp³-hybridized carbons (Fsp3) is 0.467. The zero-order chi connectivity index (χ0) is 15.1. The van der Waals surface area contributed by atoms with Crippen LogP contribution in [0, 0.1) is 12.8 Å². The first-order valence-electron chi connectivity index (χ1n) is 6.83. The van der Waals surface area contributed by atoms with Crippen LogP contribution < -0.4 is 16.4 Å². The van der Waals surface area contributed by atoms with Crippen molar-refractivity contribution in [1.29, 1.82) is 0 Å². The number of benzene rings is 1. The zero-order valence-corrected chi connectivity index (χ0v) is 12.3. The van der Waals surface area contributed by atoms with E-state index in [1.54, 1.807) is 25.2 Å². The summed E-state index contributed by atoms with van der Waals surface area (Å²) in [5.41, 5.74) is 7.46. The van der Waals surface area contributed by atoms with Crippen LogP contribution in [0.3, 0.4) is 0 Å². The second-order valence-corrected chi connectivity index (χ2v) is 4.88. The molecule has 0 saturated carbocycles. The predicted octanol–water partition coefficient (Wildman–Crippen LogP) is 1.67. The molecular weight excluding hydrogens is 254 g/mol. The van der Waals surface area contributed by atoms with Crippen LogP contribution in [0.2, 0.25) is 0 Å². The van der Waals surface area contributed by atoms with Gasteiger partial charge in [0.15, 0.2) is 0 Å². The molecule has 20 heavy (non-hydrogen) atoms. The fourth-order valence-corrected chi connectivity index (χ4v) is 1.96. The number of rotatable bonds is 6. The first kappa shape index (κ1) is 16.2. The molecule has 0 saturated heterocycles. The van der Waals surface area contributed by atoms with Crippen molar-refractivity contribution in [2.45, 2.75) is 26.7 Å². The summed E-state index contributed by atoms with van der Waals surface area (Å²) in [5.74, 6) is -0.299. The van der Waals surface area contributed by atoms with E-state index in [4.69, 9.17) is 5.73 Å². The summed E-state index contributed by atoms with van der Waals surface area (Å²) >= 11 is 0. The first-order chi connectivity index (χ1) is 9.51. The van der Waals surface area contributed by atoms with Gasteiger partial charge in [0, 0.05) is 24.2 Å². The van der Waals surface area contributed by atoms with Crippen molar-refractivity contribution in [2.75, 3.05) is 18.9 Å². The summed E-state index contributed by atoms with van der Waals surface area (Å²) < 4.78 is 0. The van der Waals surface area contributed by atoms with Gasteiger partial charge in [0.25, 0.3) is 5.91 Å². The highest BCUT2D eigenvalue weighted by Gasteiger charge is 2.15. The van der Waals surface area contributed by atoms with Crippen LogP contribution in [0.25, 0.3) is 0 Å². The molecule has 0 aromatic heterocycles. The SMILES string of the molecule is CNC(=O)c1cccc(NC(=O)C(C)CCCN)c1C. The summed E-state index contributed by atoms with van der Waals surface area (Å²) in [7, 11) is 1.59. The summed E-state index contributed by atoms with van der Waals surface area (Å²) in [5, 5.41) is 5.47. The molecule has 1 aromatic rings. The van der Waals surface area contributed by atoms with Gasteiger partial charge >= 0.3 is 0 Å². The van der Waals surface area contributed by atoms with Gasteiger partial charge in [-0.25, -0.2) is 0 Å². The smallest absolute Gasteiger partial charge is 0.251 e. The monoisotopic (exact) mass is 277 g/mol. The van der Waals surface area contributed by atoms with Crippen molar-refractivity contribution in [3.8, 4) is 0 Å². The van der Waals surface area contributed by atoms with Crippen molar-refractivity contribution in [3.63, 3.8) is 0 Å². The maximum atomic E-state index is 12.1. The average molecular weight is 277 g/mol. The standard InChI is InChI=1S/C15H23N3O2/c1-10(6-5-9-16)14(19)18-13-8-4-7-12(11(13)2)15(20)17-3/h4,7-8,10H,5-6,9,16H2,1-3H3,(H,17,20)(H,18,19).